The Labute approximate surface area is 111 Å². The summed E-state index contributed by atoms with van der Waals surface area (Å²) >= 11 is 0. The van der Waals surface area contributed by atoms with Gasteiger partial charge in [0.15, 0.2) is 0 Å². The SMILES string of the molecule is CCCN(CC1CC1)CC(O)c1cccc(C)c1. The minimum atomic E-state index is -0.352. The molecule has 0 amide bonds. The molecule has 0 heterocycles. The average Bonchev–Trinajstić information content (AvgIpc) is 3.13. The van der Waals surface area contributed by atoms with E-state index in [1.165, 1.54) is 18.4 Å². The maximum atomic E-state index is 10.3. The molecule has 0 radical (unpaired) electrons. The highest BCUT2D eigenvalue weighted by Crippen LogP contribution is 2.30. The second kappa shape index (κ2) is 6.35. The van der Waals surface area contributed by atoms with Crippen molar-refractivity contribution in [2.45, 2.75) is 39.2 Å². The van der Waals surface area contributed by atoms with Crippen LogP contribution in [0.1, 0.15) is 43.4 Å². The largest absolute Gasteiger partial charge is 0.387 e. The molecule has 2 rings (SSSR count). The van der Waals surface area contributed by atoms with Gasteiger partial charge in [-0.1, -0.05) is 36.8 Å². The van der Waals surface area contributed by atoms with Crippen LogP contribution in [0.2, 0.25) is 0 Å². The Bertz CT molecular complexity index is 373. The summed E-state index contributed by atoms with van der Waals surface area (Å²) in [6.07, 6.45) is 3.56. The summed E-state index contributed by atoms with van der Waals surface area (Å²) in [6, 6.07) is 8.22. The molecule has 1 aliphatic rings. The van der Waals surface area contributed by atoms with Gasteiger partial charge in [0.1, 0.15) is 0 Å². The number of rotatable bonds is 7. The third-order valence-electron chi connectivity index (χ3n) is 3.61. The predicted molar refractivity (Wildman–Crippen MR) is 75.6 cm³/mol. The number of aliphatic hydroxyl groups is 1. The van der Waals surface area contributed by atoms with Crippen LogP contribution in [-0.4, -0.2) is 29.6 Å². The van der Waals surface area contributed by atoms with Crippen LogP contribution in [0.25, 0.3) is 0 Å². The first-order valence-corrected chi connectivity index (χ1v) is 7.16. The Morgan fingerprint density at radius 2 is 2.17 bits per heavy atom. The maximum Gasteiger partial charge on any atom is 0.0917 e. The van der Waals surface area contributed by atoms with Gasteiger partial charge in [0.25, 0.3) is 0 Å². The molecule has 1 aromatic carbocycles. The summed E-state index contributed by atoms with van der Waals surface area (Å²) in [4.78, 5) is 2.42. The summed E-state index contributed by atoms with van der Waals surface area (Å²) in [5.41, 5.74) is 2.27. The molecule has 0 bridgehead atoms. The molecule has 18 heavy (non-hydrogen) atoms. The van der Waals surface area contributed by atoms with E-state index in [0.717, 1.165) is 37.5 Å². The second-order valence-electron chi connectivity index (χ2n) is 5.63. The van der Waals surface area contributed by atoms with Gasteiger partial charge < -0.3 is 10.0 Å². The lowest BCUT2D eigenvalue weighted by molar-refractivity contribution is 0.110. The third-order valence-corrected chi connectivity index (χ3v) is 3.61. The first-order valence-electron chi connectivity index (χ1n) is 7.16. The fraction of sp³-hybridized carbons (Fsp3) is 0.625. The zero-order chi connectivity index (χ0) is 13.0. The molecule has 1 N–H and O–H groups in total. The van der Waals surface area contributed by atoms with Crippen LogP contribution in [0, 0.1) is 12.8 Å². The van der Waals surface area contributed by atoms with Crippen molar-refractivity contribution >= 4 is 0 Å². The molecular weight excluding hydrogens is 222 g/mol. The highest BCUT2D eigenvalue weighted by Gasteiger charge is 2.25. The summed E-state index contributed by atoms with van der Waals surface area (Å²) in [5, 5.41) is 10.3. The maximum absolute atomic E-state index is 10.3. The van der Waals surface area contributed by atoms with Gasteiger partial charge in [0.2, 0.25) is 0 Å². The molecule has 0 spiro atoms. The highest BCUT2D eigenvalue weighted by molar-refractivity contribution is 5.24. The molecule has 1 atom stereocenters. The van der Waals surface area contributed by atoms with E-state index in [9.17, 15) is 5.11 Å². The Morgan fingerprint density at radius 3 is 2.78 bits per heavy atom. The Hall–Kier alpha value is -0.860. The number of aliphatic hydroxyl groups excluding tert-OH is 1. The minimum Gasteiger partial charge on any atom is -0.387 e. The third kappa shape index (κ3) is 4.11. The van der Waals surface area contributed by atoms with Gasteiger partial charge in [-0.15, -0.1) is 0 Å². The van der Waals surface area contributed by atoms with Crippen LogP contribution >= 0.6 is 0 Å². The van der Waals surface area contributed by atoms with Gasteiger partial charge in [-0.2, -0.15) is 0 Å². The lowest BCUT2D eigenvalue weighted by Gasteiger charge is -2.25. The van der Waals surface area contributed by atoms with E-state index < -0.39 is 0 Å². The Balaban J connectivity index is 1.92. The molecular formula is C16H25NO. The number of hydrogen-bond donors (Lipinski definition) is 1. The zero-order valence-electron chi connectivity index (χ0n) is 11.6. The van der Waals surface area contributed by atoms with Crippen molar-refractivity contribution in [2.75, 3.05) is 19.6 Å². The highest BCUT2D eigenvalue weighted by atomic mass is 16.3. The van der Waals surface area contributed by atoms with Gasteiger partial charge in [-0.05, 0) is 44.2 Å². The molecule has 100 valence electrons. The number of aryl methyl sites for hydroxylation is 1. The molecule has 1 saturated carbocycles. The molecule has 1 aromatic rings. The number of benzene rings is 1. The summed E-state index contributed by atoms with van der Waals surface area (Å²) in [7, 11) is 0. The number of hydrogen-bond acceptors (Lipinski definition) is 2. The van der Waals surface area contributed by atoms with Crippen LogP contribution in [0.15, 0.2) is 24.3 Å². The summed E-state index contributed by atoms with van der Waals surface area (Å²) in [6.45, 7) is 7.31. The van der Waals surface area contributed by atoms with Crippen molar-refractivity contribution in [3.8, 4) is 0 Å². The van der Waals surface area contributed by atoms with E-state index in [1.54, 1.807) is 0 Å². The molecule has 1 aliphatic carbocycles. The average molecular weight is 247 g/mol. The van der Waals surface area contributed by atoms with Crippen molar-refractivity contribution in [2.24, 2.45) is 5.92 Å². The molecule has 1 unspecified atom stereocenters. The van der Waals surface area contributed by atoms with Crippen LogP contribution in [0.3, 0.4) is 0 Å². The van der Waals surface area contributed by atoms with E-state index in [0.29, 0.717) is 0 Å². The quantitative estimate of drug-likeness (QED) is 0.800. The normalized spacial score (nSPS) is 17.1. The molecule has 2 heteroatoms. The summed E-state index contributed by atoms with van der Waals surface area (Å²) in [5.74, 6) is 0.890. The van der Waals surface area contributed by atoms with E-state index in [4.69, 9.17) is 0 Å². The van der Waals surface area contributed by atoms with E-state index in [-0.39, 0.29) is 6.10 Å². The topological polar surface area (TPSA) is 23.5 Å². The van der Waals surface area contributed by atoms with Crippen molar-refractivity contribution in [1.82, 2.24) is 4.90 Å². The number of nitrogens with zero attached hydrogens (tertiary/aromatic N) is 1. The Morgan fingerprint density at radius 1 is 1.39 bits per heavy atom. The van der Waals surface area contributed by atoms with Gasteiger partial charge in [-0.3, -0.25) is 0 Å². The minimum absolute atomic E-state index is 0.352. The lowest BCUT2D eigenvalue weighted by Crippen LogP contribution is -2.31. The first-order chi connectivity index (χ1) is 8.69. The van der Waals surface area contributed by atoms with E-state index in [2.05, 4.69) is 30.9 Å². The van der Waals surface area contributed by atoms with E-state index >= 15 is 0 Å². The molecule has 0 saturated heterocycles. The lowest BCUT2D eigenvalue weighted by atomic mass is 10.1. The first kappa shape index (κ1) is 13.6. The Kier molecular flexibility index (Phi) is 4.79. The van der Waals surface area contributed by atoms with Gasteiger partial charge in [-0.25, -0.2) is 0 Å². The van der Waals surface area contributed by atoms with Gasteiger partial charge in [0, 0.05) is 13.1 Å². The fourth-order valence-electron chi connectivity index (χ4n) is 2.47. The predicted octanol–water partition coefficient (Wildman–Crippen LogP) is 3.15. The monoisotopic (exact) mass is 247 g/mol. The smallest absolute Gasteiger partial charge is 0.0917 e. The fourth-order valence-corrected chi connectivity index (χ4v) is 2.47. The van der Waals surface area contributed by atoms with Gasteiger partial charge in [0.05, 0.1) is 6.10 Å². The molecule has 2 nitrogen and oxygen atoms in total. The van der Waals surface area contributed by atoms with Crippen molar-refractivity contribution in [3.05, 3.63) is 35.4 Å². The standard InChI is InChI=1S/C16H25NO/c1-3-9-17(11-14-7-8-14)12-16(18)15-6-4-5-13(2)10-15/h4-6,10,14,16,18H,3,7-9,11-12H2,1-2H3. The summed E-state index contributed by atoms with van der Waals surface area (Å²) < 4.78 is 0. The molecule has 1 fully saturated rings. The molecule has 0 aliphatic heterocycles. The van der Waals surface area contributed by atoms with Crippen LogP contribution < -0.4 is 0 Å². The van der Waals surface area contributed by atoms with Crippen LogP contribution in [-0.2, 0) is 0 Å². The van der Waals surface area contributed by atoms with E-state index in [1.807, 2.05) is 12.1 Å². The van der Waals surface area contributed by atoms with Crippen LogP contribution in [0.5, 0.6) is 0 Å². The zero-order valence-corrected chi connectivity index (χ0v) is 11.6. The van der Waals surface area contributed by atoms with Crippen molar-refractivity contribution < 1.29 is 5.11 Å². The van der Waals surface area contributed by atoms with Crippen molar-refractivity contribution in [3.63, 3.8) is 0 Å². The van der Waals surface area contributed by atoms with Gasteiger partial charge >= 0.3 is 0 Å². The second-order valence-corrected chi connectivity index (χ2v) is 5.63. The van der Waals surface area contributed by atoms with Crippen LogP contribution in [0.4, 0.5) is 0 Å². The van der Waals surface area contributed by atoms with Crippen molar-refractivity contribution in [1.29, 1.82) is 0 Å². The molecule has 0 aromatic heterocycles.